The summed E-state index contributed by atoms with van der Waals surface area (Å²) in [6.07, 6.45) is -0.647. The normalized spacial score (nSPS) is 14.6. The average Bonchev–Trinajstić information content (AvgIpc) is 2.99. The molecule has 8 nitrogen and oxygen atoms in total. The van der Waals surface area contributed by atoms with Crippen molar-refractivity contribution in [2.45, 2.75) is 11.1 Å². The average molecular weight is 604 g/mol. The molecule has 1 amide bonds. The van der Waals surface area contributed by atoms with Crippen molar-refractivity contribution in [1.29, 1.82) is 0 Å². The summed E-state index contributed by atoms with van der Waals surface area (Å²) in [6, 6.07) is 17.6. The fourth-order valence-electron chi connectivity index (χ4n) is 4.56. The Hall–Kier alpha value is -4.03. The van der Waals surface area contributed by atoms with Crippen LogP contribution in [0, 0.1) is 0 Å². The lowest BCUT2D eigenvalue weighted by molar-refractivity contribution is -0.137. The van der Waals surface area contributed by atoms with Gasteiger partial charge in [-0.15, -0.1) is 0 Å². The zero-order valence-electron chi connectivity index (χ0n) is 23.3. The molecule has 1 aliphatic heterocycles. The van der Waals surface area contributed by atoms with E-state index in [1.165, 1.54) is 43.4 Å². The Morgan fingerprint density at radius 2 is 1.60 bits per heavy atom. The third-order valence-electron chi connectivity index (χ3n) is 6.88. The minimum Gasteiger partial charge on any atom is -0.493 e. The summed E-state index contributed by atoms with van der Waals surface area (Å²) < 4.78 is 79.3. The number of piperazine rings is 1. The molecule has 1 heterocycles. The van der Waals surface area contributed by atoms with Crippen LogP contribution in [0.15, 0.2) is 83.8 Å². The van der Waals surface area contributed by atoms with Gasteiger partial charge >= 0.3 is 6.18 Å². The van der Waals surface area contributed by atoms with Gasteiger partial charge in [-0.05, 0) is 35.9 Å². The van der Waals surface area contributed by atoms with Crippen LogP contribution >= 0.6 is 0 Å². The second-order valence-corrected chi connectivity index (χ2v) is 11.4. The zero-order valence-corrected chi connectivity index (χ0v) is 24.1. The van der Waals surface area contributed by atoms with Crippen LogP contribution in [-0.4, -0.2) is 77.6 Å². The number of sulfonamides is 1. The van der Waals surface area contributed by atoms with Crippen LogP contribution in [0.4, 0.5) is 18.9 Å². The fraction of sp³-hybridized carbons (Fsp3) is 0.300. The van der Waals surface area contributed by atoms with Gasteiger partial charge in [0.05, 0.1) is 30.4 Å². The number of hydrogen-bond donors (Lipinski definition) is 0. The van der Waals surface area contributed by atoms with Gasteiger partial charge in [-0.3, -0.25) is 14.0 Å². The molecular formula is C30H32F3N3O5S. The Kier molecular flexibility index (Phi) is 9.79. The Balaban J connectivity index is 1.54. The van der Waals surface area contributed by atoms with Crippen molar-refractivity contribution in [3.8, 4) is 11.5 Å². The zero-order chi connectivity index (χ0) is 30.3. The van der Waals surface area contributed by atoms with Gasteiger partial charge in [-0.25, -0.2) is 8.42 Å². The standard InChI is InChI=1S/C30H32F3N3O5S/c1-40-27-14-13-26(21-28(27)41-2)42(38,39)36(25-12-6-11-24(20-25)30(31,32)33)22-29(37)35-18-16-34(17-19-35)15-7-10-23-8-4-3-5-9-23/h3-14,20-21H,15-19,22H2,1-2H3/b10-7+. The minimum atomic E-state index is -4.70. The highest BCUT2D eigenvalue weighted by Crippen LogP contribution is 2.35. The second-order valence-electron chi connectivity index (χ2n) is 9.57. The van der Waals surface area contributed by atoms with E-state index in [0.717, 1.165) is 23.8 Å². The molecule has 0 aliphatic carbocycles. The van der Waals surface area contributed by atoms with E-state index in [1.54, 1.807) is 0 Å². The van der Waals surface area contributed by atoms with Crippen molar-refractivity contribution in [3.05, 3.63) is 90.0 Å². The Labute approximate surface area is 243 Å². The van der Waals surface area contributed by atoms with Gasteiger partial charge in [0.1, 0.15) is 6.54 Å². The molecule has 0 saturated carbocycles. The van der Waals surface area contributed by atoms with E-state index < -0.39 is 34.2 Å². The Morgan fingerprint density at radius 3 is 2.24 bits per heavy atom. The summed E-state index contributed by atoms with van der Waals surface area (Å²) in [7, 11) is -1.77. The molecule has 0 atom stereocenters. The molecule has 12 heteroatoms. The number of methoxy groups -OCH3 is 2. The molecule has 42 heavy (non-hydrogen) atoms. The van der Waals surface area contributed by atoms with Crippen molar-refractivity contribution >= 4 is 27.7 Å². The number of hydrogen-bond acceptors (Lipinski definition) is 6. The van der Waals surface area contributed by atoms with Gasteiger partial charge in [0, 0.05) is 38.8 Å². The first-order chi connectivity index (χ1) is 20.0. The van der Waals surface area contributed by atoms with Crippen LogP contribution in [0.1, 0.15) is 11.1 Å². The van der Waals surface area contributed by atoms with Crippen molar-refractivity contribution in [3.63, 3.8) is 0 Å². The molecule has 3 aromatic rings. The molecule has 0 radical (unpaired) electrons. The number of ether oxygens (including phenoxy) is 2. The Bertz CT molecular complexity index is 1510. The lowest BCUT2D eigenvalue weighted by atomic mass is 10.2. The summed E-state index contributed by atoms with van der Waals surface area (Å²) in [5.74, 6) is -0.128. The van der Waals surface area contributed by atoms with E-state index in [9.17, 15) is 26.4 Å². The number of halogens is 3. The van der Waals surface area contributed by atoms with Crippen LogP contribution in [0.25, 0.3) is 6.08 Å². The van der Waals surface area contributed by atoms with Crippen LogP contribution in [0.5, 0.6) is 11.5 Å². The van der Waals surface area contributed by atoms with Crippen molar-refractivity contribution in [2.24, 2.45) is 0 Å². The molecule has 0 bridgehead atoms. The van der Waals surface area contributed by atoms with Crippen LogP contribution in [0.2, 0.25) is 0 Å². The highest BCUT2D eigenvalue weighted by molar-refractivity contribution is 7.92. The van der Waals surface area contributed by atoms with Gasteiger partial charge < -0.3 is 14.4 Å². The first kappa shape index (κ1) is 30.9. The molecule has 0 unspecified atom stereocenters. The van der Waals surface area contributed by atoms with E-state index in [0.29, 0.717) is 37.0 Å². The minimum absolute atomic E-state index is 0.117. The van der Waals surface area contributed by atoms with Crippen molar-refractivity contribution in [1.82, 2.24) is 9.80 Å². The second kappa shape index (κ2) is 13.3. The van der Waals surface area contributed by atoms with Gasteiger partial charge in [-0.2, -0.15) is 13.2 Å². The number of alkyl halides is 3. The summed E-state index contributed by atoms with van der Waals surface area (Å²) in [4.78, 5) is 16.8. The number of benzene rings is 3. The number of amides is 1. The maximum atomic E-state index is 13.8. The molecule has 224 valence electrons. The van der Waals surface area contributed by atoms with Crippen molar-refractivity contribution < 1.29 is 35.9 Å². The summed E-state index contributed by atoms with van der Waals surface area (Å²) in [5.41, 5.74) is -0.230. The lowest BCUT2D eigenvalue weighted by Crippen LogP contribution is -2.51. The highest BCUT2D eigenvalue weighted by atomic mass is 32.2. The quantitative estimate of drug-likeness (QED) is 0.332. The Morgan fingerprint density at radius 1 is 0.905 bits per heavy atom. The van der Waals surface area contributed by atoms with Crippen molar-refractivity contribution in [2.75, 3.05) is 57.8 Å². The SMILES string of the molecule is COc1ccc(S(=O)(=O)N(CC(=O)N2CCN(C/C=C/c3ccccc3)CC2)c2cccc(C(F)(F)F)c2)cc1OC. The molecule has 3 aromatic carbocycles. The number of carbonyl (C=O) groups is 1. The van der Waals surface area contributed by atoms with Crippen LogP contribution in [-0.2, 0) is 21.0 Å². The van der Waals surface area contributed by atoms with Gasteiger partial charge in [0.25, 0.3) is 10.0 Å². The van der Waals surface area contributed by atoms with E-state index >= 15 is 0 Å². The van der Waals surface area contributed by atoms with E-state index in [-0.39, 0.29) is 22.1 Å². The predicted molar refractivity (Wildman–Crippen MR) is 154 cm³/mol. The maximum Gasteiger partial charge on any atom is 0.416 e. The van der Waals surface area contributed by atoms with Gasteiger partial charge in [0.15, 0.2) is 11.5 Å². The fourth-order valence-corrected chi connectivity index (χ4v) is 5.98. The number of rotatable bonds is 10. The first-order valence-corrected chi connectivity index (χ1v) is 14.6. The summed E-state index contributed by atoms with van der Waals surface area (Å²) in [6.45, 7) is 1.84. The largest absolute Gasteiger partial charge is 0.493 e. The van der Waals surface area contributed by atoms with E-state index in [4.69, 9.17) is 9.47 Å². The number of anilines is 1. The topological polar surface area (TPSA) is 79.4 Å². The molecule has 1 saturated heterocycles. The van der Waals surface area contributed by atoms with Gasteiger partial charge in [-0.1, -0.05) is 48.6 Å². The monoisotopic (exact) mass is 603 g/mol. The maximum absolute atomic E-state index is 13.8. The van der Waals surface area contributed by atoms with Crippen LogP contribution < -0.4 is 13.8 Å². The first-order valence-electron chi connectivity index (χ1n) is 13.2. The summed E-state index contributed by atoms with van der Waals surface area (Å²) >= 11 is 0. The molecule has 0 spiro atoms. The lowest BCUT2D eigenvalue weighted by Gasteiger charge is -2.35. The third-order valence-corrected chi connectivity index (χ3v) is 8.65. The molecule has 0 N–H and O–H groups in total. The third kappa shape index (κ3) is 7.42. The molecular weight excluding hydrogens is 571 g/mol. The highest BCUT2D eigenvalue weighted by Gasteiger charge is 2.34. The molecule has 0 aromatic heterocycles. The number of carbonyl (C=O) groups excluding carboxylic acids is 1. The smallest absolute Gasteiger partial charge is 0.416 e. The van der Waals surface area contributed by atoms with Gasteiger partial charge in [0.2, 0.25) is 5.91 Å². The molecule has 1 aliphatic rings. The number of nitrogens with zero attached hydrogens (tertiary/aromatic N) is 3. The predicted octanol–water partition coefficient (Wildman–Crippen LogP) is 4.78. The van der Waals surface area contributed by atoms with E-state index in [1.807, 2.05) is 42.5 Å². The summed E-state index contributed by atoms with van der Waals surface area (Å²) in [5, 5.41) is 0. The molecule has 4 rings (SSSR count). The van der Waals surface area contributed by atoms with E-state index in [2.05, 4.69) is 4.90 Å². The van der Waals surface area contributed by atoms with Crippen LogP contribution in [0.3, 0.4) is 0 Å². The molecule has 1 fully saturated rings.